The number of esters is 1. The van der Waals surface area contributed by atoms with E-state index in [1.54, 1.807) is 38.1 Å². The SMILES string of the molecule is COc1nc(N)nc2c1ncn2C1OC(COP(=O)(NC(C(=O)OCc2ccccc2)C(C)C)Oc2cccc3ccccc23)C(F)C1(C)O. The fourth-order valence-electron chi connectivity index (χ4n) is 5.71. The van der Waals surface area contributed by atoms with E-state index in [9.17, 15) is 14.5 Å². The normalized spacial score (nSPS) is 22.4. The van der Waals surface area contributed by atoms with Crippen molar-refractivity contribution >= 4 is 41.6 Å². The van der Waals surface area contributed by atoms with Gasteiger partial charge in [0.2, 0.25) is 11.8 Å². The lowest BCUT2D eigenvalue weighted by molar-refractivity contribution is -0.148. The molecular weight excluding hydrogens is 670 g/mol. The summed E-state index contributed by atoms with van der Waals surface area (Å²) in [4.78, 5) is 25.8. The molecule has 5 aromatic rings. The molecule has 6 atom stereocenters. The van der Waals surface area contributed by atoms with Crippen LogP contribution in [0.15, 0.2) is 79.1 Å². The van der Waals surface area contributed by atoms with Gasteiger partial charge in [-0.25, -0.2) is 13.9 Å². The molecule has 50 heavy (non-hydrogen) atoms. The number of aromatic nitrogens is 4. The van der Waals surface area contributed by atoms with Gasteiger partial charge in [-0.15, -0.1) is 0 Å². The molecule has 6 unspecified atom stereocenters. The van der Waals surface area contributed by atoms with Crippen LogP contribution in [0.25, 0.3) is 21.9 Å². The van der Waals surface area contributed by atoms with E-state index in [0.29, 0.717) is 5.39 Å². The number of imidazole rings is 1. The molecule has 1 saturated heterocycles. The zero-order valence-corrected chi connectivity index (χ0v) is 28.7. The van der Waals surface area contributed by atoms with Crippen molar-refractivity contribution in [3.63, 3.8) is 0 Å². The highest BCUT2D eigenvalue weighted by molar-refractivity contribution is 7.52. The Balaban J connectivity index is 1.27. The Kier molecular flexibility index (Phi) is 10.1. The van der Waals surface area contributed by atoms with Crippen LogP contribution in [0.2, 0.25) is 0 Å². The molecule has 0 radical (unpaired) electrons. The second-order valence-electron chi connectivity index (χ2n) is 12.4. The fraction of sp³-hybridized carbons (Fsp3) is 0.353. The minimum atomic E-state index is -4.51. The molecule has 2 aromatic heterocycles. The first-order chi connectivity index (χ1) is 23.9. The third-order valence-corrected chi connectivity index (χ3v) is 9.88. The number of anilines is 1. The van der Waals surface area contributed by atoms with Crippen molar-refractivity contribution in [2.45, 2.75) is 57.5 Å². The van der Waals surface area contributed by atoms with Crippen LogP contribution in [0.1, 0.15) is 32.6 Å². The molecule has 0 bridgehead atoms. The highest BCUT2D eigenvalue weighted by Crippen LogP contribution is 2.49. The van der Waals surface area contributed by atoms with Crippen molar-refractivity contribution in [2.24, 2.45) is 5.92 Å². The Bertz CT molecular complexity index is 2020. The zero-order chi connectivity index (χ0) is 35.6. The van der Waals surface area contributed by atoms with Gasteiger partial charge in [-0.2, -0.15) is 15.1 Å². The molecule has 1 aliphatic heterocycles. The number of rotatable bonds is 13. The number of nitrogens with two attached hydrogens (primary N) is 1. The first kappa shape index (κ1) is 35.2. The van der Waals surface area contributed by atoms with Gasteiger partial charge in [0.25, 0.3) is 0 Å². The number of nitrogens with zero attached hydrogens (tertiary/aromatic N) is 4. The number of hydrogen-bond acceptors (Lipinski definition) is 12. The van der Waals surface area contributed by atoms with Crippen molar-refractivity contribution in [3.05, 3.63) is 84.7 Å². The van der Waals surface area contributed by atoms with Crippen molar-refractivity contribution in [1.82, 2.24) is 24.6 Å². The quantitative estimate of drug-likeness (QED) is 0.108. The number of benzene rings is 3. The molecule has 4 N–H and O–H groups in total. The number of hydrogen-bond donors (Lipinski definition) is 3. The third kappa shape index (κ3) is 7.14. The number of fused-ring (bicyclic) bond motifs is 2. The zero-order valence-electron chi connectivity index (χ0n) is 27.8. The molecule has 3 heterocycles. The van der Waals surface area contributed by atoms with E-state index < -0.39 is 56.4 Å². The predicted octanol–water partition coefficient (Wildman–Crippen LogP) is 5.12. The number of nitrogens with one attached hydrogen (secondary N) is 1. The van der Waals surface area contributed by atoms with Crippen LogP contribution >= 0.6 is 7.75 Å². The summed E-state index contributed by atoms with van der Waals surface area (Å²) < 4.78 is 60.8. The number of nitrogen functional groups attached to an aromatic ring is 1. The summed E-state index contributed by atoms with van der Waals surface area (Å²) in [6.07, 6.45) is -3.57. The first-order valence-corrected chi connectivity index (χ1v) is 17.4. The molecule has 0 spiro atoms. The van der Waals surface area contributed by atoms with E-state index in [-0.39, 0.29) is 35.3 Å². The lowest BCUT2D eigenvalue weighted by Gasteiger charge is -2.28. The Labute approximate surface area is 287 Å². The number of halogens is 1. The topological polar surface area (TPSA) is 182 Å². The average Bonchev–Trinajstić information content (AvgIpc) is 3.62. The van der Waals surface area contributed by atoms with Crippen molar-refractivity contribution in [1.29, 1.82) is 0 Å². The summed E-state index contributed by atoms with van der Waals surface area (Å²) >= 11 is 0. The number of ether oxygens (including phenoxy) is 3. The van der Waals surface area contributed by atoms with Gasteiger partial charge in [0, 0.05) is 5.39 Å². The number of alkyl halides is 1. The Hall–Kier alpha value is -4.66. The summed E-state index contributed by atoms with van der Waals surface area (Å²) in [5, 5.41) is 15.5. The molecule has 6 rings (SSSR count). The van der Waals surface area contributed by atoms with Crippen molar-refractivity contribution in [2.75, 3.05) is 19.5 Å². The van der Waals surface area contributed by atoms with Gasteiger partial charge in [0.15, 0.2) is 23.6 Å². The fourth-order valence-corrected chi connectivity index (χ4v) is 7.39. The van der Waals surface area contributed by atoms with Crippen LogP contribution in [-0.4, -0.2) is 68.2 Å². The lowest BCUT2D eigenvalue weighted by atomic mass is 9.98. The largest absolute Gasteiger partial charge is 0.479 e. The molecule has 1 fully saturated rings. The van der Waals surface area contributed by atoms with Gasteiger partial charge < -0.3 is 29.6 Å². The summed E-state index contributed by atoms with van der Waals surface area (Å²) in [6, 6.07) is 20.4. The van der Waals surface area contributed by atoms with Gasteiger partial charge in [0.1, 0.15) is 30.1 Å². The maximum absolute atomic E-state index is 16.0. The van der Waals surface area contributed by atoms with E-state index in [4.69, 9.17) is 29.0 Å². The average molecular weight is 709 g/mol. The summed E-state index contributed by atoms with van der Waals surface area (Å²) in [5.41, 5.74) is 4.83. The summed E-state index contributed by atoms with van der Waals surface area (Å²) in [6.45, 7) is 4.06. The number of aliphatic hydroxyl groups is 1. The maximum Gasteiger partial charge on any atom is 0.459 e. The molecule has 264 valence electrons. The predicted molar refractivity (Wildman–Crippen MR) is 182 cm³/mol. The van der Waals surface area contributed by atoms with Crippen LogP contribution in [0.5, 0.6) is 11.6 Å². The van der Waals surface area contributed by atoms with Crippen LogP contribution in [0.4, 0.5) is 10.3 Å². The minimum absolute atomic E-state index is 0.0127. The smallest absolute Gasteiger partial charge is 0.459 e. The van der Waals surface area contributed by atoms with Gasteiger partial charge >= 0.3 is 13.7 Å². The van der Waals surface area contributed by atoms with Crippen molar-refractivity contribution < 1.29 is 42.1 Å². The Morgan fingerprint density at radius 2 is 1.84 bits per heavy atom. The molecule has 14 nitrogen and oxygen atoms in total. The standard InChI is InChI=1S/C34H38FN6O8P/c1-20(2)26(31(42)46-17-21-11-6-5-7-12-21)40-50(44,49-24-16-10-14-22-13-8-9-15-23(22)24)47-18-25-28(35)34(3,43)32(48-25)41-19-37-27-29(41)38-33(36)39-30(27)45-4/h5-16,19-20,25-26,28,32,43H,17-18H2,1-4H3,(H,40,44)(H2,36,38,39). The molecule has 1 aliphatic rings. The lowest BCUT2D eigenvalue weighted by Crippen LogP contribution is -2.43. The van der Waals surface area contributed by atoms with E-state index in [0.717, 1.165) is 10.9 Å². The van der Waals surface area contributed by atoms with Gasteiger partial charge in [-0.1, -0.05) is 80.6 Å². The summed E-state index contributed by atoms with van der Waals surface area (Å²) in [7, 11) is -3.13. The highest BCUT2D eigenvalue weighted by atomic mass is 31.2. The van der Waals surface area contributed by atoms with Gasteiger partial charge in [0.05, 0.1) is 20.0 Å². The van der Waals surface area contributed by atoms with E-state index in [1.165, 1.54) is 24.9 Å². The monoisotopic (exact) mass is 708 g/mol. The first-order valence-electron chi connectivity index (χ1n) is 15.9. The minimum Gasteiger partial charge on any atom is -0.479 e. The van der Waals surface area contributed by atoms with Crippen LogP contribution in [0, 0.1) is 5.92 Å². The van der Waals surface area contributed by atoms with Gasteiger partial charge in [-0.05, 0) is 29.9 Å². The third-order valence-electron chi connectivity index (χ3n) is 8.36. The number of carbonyl (C=O) groups is 1. The molecule has 0 aliphatic carbocycles. The van der Waals surface area contributed by atoms with E-state index in [1.807, 2.05) is 48.5 Å². The van der Waals surface area contributed by atoms with E-state index >= 15 is 4.39 Å². The molecule has 0 amide bonds. The molecule has 16 heteroatoms. The second kappa shape index (κ2) is 14.3. The maximum atomic E-state index is 16.0. The van der Waals surface area contributed by atoms with Crippen LogP contribution in [-0.2, 0) is 30.0 Å². The molecular formula is C34H38FN6O8P. The number of methoxy groups -OCH3 is 1. The van der Waals surface area contributed by atoms with Crippen LogP contribution < -0.4 is 20.1 Å². The van der Waals surface area contributed by atoms with E-state index in [2.05, 4.69) is 20.0 Å². The van der Waals surface area contributed by atoms with Crippen molar-refractivity contribution in [3.8, 4) is 11.6 Å². The summed E-state index contributed by atoms with van der Waals surface area (Å²) in [5.74, 6) is -0.982. The Morgan fingerprint density at radius 1 is 1.12 bits per heavy atom. The Morgan fingerprint density at radius 3 is 2.58 bits per heavy atom. The van der Waals surface area contributed by atoms with Crippen LogP contribution in [0.3, 0.4) is 0 Å². The van der Waals surface area contributed by atoms with Gasteiger partial charge in [-0.3, -0.25) is 13.9 Å². The number of carbonyl (C=O) groups excluding carboxylic acids is 1. The highest BCUT2D eigenvalue weighted by Gasteiger charge is 2.55. The molecule has 3 aromatic carbocycles. The molecule has 0 saturated carbocycles. The second-order valence-corrected chi connectivity index (χ2v) is 14.1.